The summed E-state index contributed by atoms with van der Waals surface area (Å²) in [7, 11) is 0. The van der Waals surface area contributed by atoms with Gasteiger partial charge in [-0.1, -0.05) is 12.7 Å². The molecule has 0 radical (unpaired) electrons. The van der Waals surface area contributed by atoms with E-state index in [1.807, 2.05) is 18.7 Å². The van der Waals surface area contributed by atoms with E-state index in [1.54, 1.807) is 6.08 Å². The summed E-state index contributed by atoms with van der Waals surface area (Å²) in [5.41, 5.74) is 2.39. The molecule has 0 saturated heterocycles. The highest BCUT2D eigenvalue weighted by molar-refractivity contribution is 5.37. The quantitative estimate of drug-likeness (QED) is 0.407. The standard InChI is InChI=1S/C10H18N6O/c1-4-7-17-10-13-8(15-11)12-9(14-10)16(5-2)6-3/h4H,1,5-7,11H2,2-3H3,(H,12,13,14,15). The molecule has 1 rings (SSSR count). The Hall–Kier alpha value is -1.89. The molecule has 0 spiro atoms. The third-order valence-corrected chi connectivity index (χ3v) is 2.11. The van der Waals surface area contributed by atoms with E-state index in [1.165, 1.54) is 0 Å². The minimum atomic E-state index is 0.231. The normalized spacial score (nSPS) is 9.82. The first-order chi connectivity index (χ1) is 8.24. The predicted molar refractivity (Wildman–Crippen MR) is 66.9 cm³/mol. The molecule has 7 nitrogen and oxygen atoms in total. The van der Waals surface area contributed by atoms with Crippen LogP contribution in [0, 0.1) is 0 Å². The minimum absolute atomic E-state index is 0.231. The average Bonchev–Trinajstić information content (AvgIpc) is 2.37. The van der Waals surface area contributed by atoms with Crippen LogP contribution in [0.1, 0.15) is 13.8 Å². The molecule has 1 heterocycles. The maximum absolute atomic E-state index is 5.30. The lowest BCUT2D eigenvalue weighted by Gasteiger charge is -2.18. The van der Waals surface area contributed by atoms with Crippen molar-refractivity contribution in [2.24, 2.45) is 5.84 Å². The molecular formula is C10H18N6O. The van der Waals surface area contributed by atoms with Gasteiger partial charge in [0.15, 0.2) is 0 Å². The molecule has 1 aromatic heterocycles. The maximum Gasteiger partial charge on any atom is 0.323 e. The van der Waals surface area contributed by atoms with E-state index >= 15 is 0 Å². The van der Waals surface area contributed by atoms with Crippen molar-refractivity contribution in [3.05, 3.63) is 12.7 Å². The Bertz CT molecular complexity index is 366. The van der Waals surface area contributed by atoms with Gasteiger partial charge in [0.1, 0.15) is 6.61 Å². The summed E-state index contributed by atoms with van der Waals surface area (Å²) in [6, 6.07) is 0.231. The van der Waals surface area contributed by atoms with E-state index in [0.29, 0.717) is 12.6 Å². The molecule has 0 aliphatic carbocycles. The number of ether oxygens (including phenoxy) is 1. The zero-order valence-corrected chi connectivity index (χ0v) is 10.2. The van der Waals surface area contributed by atoms with Crippen LogP contribution in [-0.2, 0) is 0 Å². The highest BCUT2D eigenvalue weighted by atomic mass is 16.5. The van der Waals surface area contributed by atoms with Gasteiger partial charge in [-0.25, -0.2) is 5.84 Å². The van der Waals surface area contributed by atoms with Crippen LogP contribution in [0.15, 0.2) is 12.7 Å². The van der Waals surface area contributed by atoms with E-state index in [2.05, 4.69) is 27.0 Å². The fourth-order valence-corrected chi connectivity index (χ4v) is 1.26. The molecule has 0 bridgehead atoms. The Morgan fingerprint density at radius 1 is 1.35 bits per heavy atom. The van der Waals surface area contributed by atoms with E-state index in [-0.39, 0.29) is 12.0 Å². The Labute approximate surface area is 101 Å². The second-order valence-corrected chi connectivity index (χ2v) is 3.16. The van der Waals surface area contributed by atoms with E-state index in [4.69, 9.17) is 10.6 Å². The molecule has 0 amide bonds. The van der Waals surface area contributed by atoms with Crippen molar-refractivity contribution in [1.29, 1.82) is 0 Å². The Balaban J connectivity index is 2.99. The van der Waals surface area contributed by atoms with Crippen molar-refractivity contribution in [3.8, 4) is 6.01 Å². The Kier molecular flexibility index (Phi) is 5.15. The van der Waals surface area contributed by atoms with Crippen LogP contribution in [0.25, 0.3) is 0 Å². The van der Waals surface area contributed by atoms with Crippen molar-refractivity contribution < 1.29 is 4.74 Å². The molecule has 94 valence electrons. The predicted octanol–water partition coefficient (Wildman–Crippen LogP) is 0.568. The zero-order valence-electron chi connectivity index (χ0n) is 10.2. The number of aromatic nitrogens is 3. The van der Waals surface area contributed by atoms with Gasteiger partial charge in [0.25, 0.3) is 0 Å². The monoisotopic (exact) mass is 238 g/mol. The average molecular weight is 238 g/mol. The summed E-state index contributed by atoms with van der Waals surface area (Å²) in [6.07, 6.45) is 1.62. The lowest BCUT2D eigenvalue weighted by atomic mass is 10.5. The van der Waals surface area contributed by atoms with Crippen molar-refractivity contribution in [3.63, 3.8) is 0 Å². The van der Waals surface area contributed by atoms with Gasteiger partial charge in [-0.05, 0) is 13.8 Å². The molecular weight excluding hydrogens is 220 g/mol. The Morgan fingerprint density at radius 3 is 2.59 bits per heavy atom. The van der Waals surface area contributed by atoms with Crippen LogP contribution in [0.4, 0.5) is 11.9 Å². The van der Waals surface area contributed by atoms with Crippen LogP contribution >= 0.6 is 0 Å². The lowest BCUT2D eigenvalue weighted by molar-refractivity contribution is 0.332. The number of nitrogens with two attached hydrogens (primary N) is 1. The minimum Gasteiger partial charge on any atom is -0.459 e. The molecule has 0 aromatic carbocycles. The molecule has 1 aromatic rings. The topological polar surface area (TPSA) is 89.2 Å². The molecule has 0 unspecified atom stereocenters. The van der Waals surface area contributed by atoms with Crippen LogP contribution in [0.3, 0.4) is 0 Å². The lowest BCUT2D eigenvalue weighted by Crippen LogP contribution is -2.25. The third-order valence-electron chi connectivity index (χ3n) is 2.11. The number of nitrogens with zero attached hydrogens (tertiary/aromatic N) is 4. The summed E-state index contributed by atoms with van der Waals surface area (Å²) in [5.74, 6) is 6.12. The molecule has 0 aliphatic rings. The van der Waals surface area contributed by atoms with Crippen LogP contribution in [-0.4, -0.2) is 34.6 Å². The van der Waals surface area contributed by atoms with Crippen molar-refractivity contribution >= 4 is 11.9 Å². The maximum atomic E-state index is 5.30. The summed E-state index contributed by atoms with van der Waals surface area (Å²) in [4.78, 5) is 14.3. The van der Waals surface area contributed by atoms with Gasteiger partial charge in [0.2, 0.25) is 11.9 Å². The number of nitrogens with one attached hydrogen (secondary N) is 1. The van der Waals surface area contributed by atoms with Crippen molar-refractivity contribution in [2.75, 3.05) is 30.0 Å². The third kappa shape index (κ3) is 3.56. The van der Waals surface area contributed by atoms with Gasteiger partial charge in [0.05, 0.1) is 0 Å². The van der Waals surface area contributed by atoms with Crippen LogP contribution in [0.2, 0.25) is 0 Å². The van der Waals surface area contributed by atoms with Crippen LogP contribution < -0.4 is 20.9 Å². The number of hydrogen-bond acceptors (Lipinski definition) is 7. The highest BCUT2D eigenvalue weighted by Crippen LogP contribution is 2.14. The fraction of sp³-hybridized carbons (Fsp3) is 0.500. The summed E-state index contributed by atoms with van der Waals surface area (Å²) >= 11 is 0. The first-order valence-corrected chi connectivity index (χ1v) is 5.46. The van der Waals surface area contributed by atoms with Gasteiger partial charge in [-0.3, -0.25) is 5.43 Å². The van der Waals surface area contributed by atoms with E-state index in [0.717, 1.165) is 13.1 Å². The number of nitrogen functional groups attached to an aromatic ring is 1. The molecule has 0 atom stereocenters. The number of anilines is 2. The van der Waals surface area contributed by atoms with Crippen molar-refractivity contribution in [1.82, 2.24) is 15.0 Å². The number of hydrazine groups is 1. The molecule has 0 fully saturated rings. The fourth-order valence-electron chi connectivity index (χ4n) is 1.26. The van der Waals surface area contributed by atoms with E-state index in [9.17, 15) is 0 Å². The summed E-state index contributed by atoms with van der Waals surface area (Å²) in [6.45, 7) is 9.54. The second-order valence-electron chi connectivity index (χ2n) is 3.16. The van der Waals surface area contributed by atoms with Gasteiger partial charge >= 0.3 is 6.01 Å². The summed E-state index contributed by atoms with van der Waals surface area (Å²) in [5, 5.41) is 0. The molecule has 0 aliphatic heterocycles. The first kappa shape index (κ1) is 13.2. The van der Waals surface area contributed by atoms with Gasteiger partial charge in [-0.15, -0.1) is 0 Å². The van der Waals surface area contributed by atoms with Gasteiger partial charge in [0, 0.05) is 13.1 Å². The summed E-state index contributed by atoms with van der Waals surface area (Å²) < 4.78 is 5.27. The molecule has 3 N–H and O–H groups in total. The highest BCUT2D eigenvalue weighted by Gasteiger charge is 2.10. The van der Waals surface area contributed by atoms with Gasteiger partial charge in [-0.2, -0.15) is 15.0 Å². The molecule has 7 heteroatoms. The molecule has 0 saturated carbocycles. The SMILES string of the molecule is C=CCOc1nc(NN)nc(N(CC)CC)n1. The second kappa shape index (κ2) is 6.64. The van der Waals surface area contributed by atoms with Gasteiger partial charge < -0.3 is 9.64 Å². The largest absolute Gasteiger partial charge is 0.459 e. The zero-order chi connectivity index (χ0) is 12.7. The van der Waals surface area contributed by atoms with Crippen LogP contribution in [0.5, 0.6) is 6.01 Å². The smallest absolute Gasteiger partial charge is 0.323 e. The van der Waals surface area contributed by atoms with Crippen molar-refractivity contribution in [2.45, 2.75) is 13.8 Å². The number of hydrogen-bond donors (Lipinski definition) is 2. The van der Waals surface area contributed by atoms with E-state index < -0.39 is 0 Å². The first-order valence-electron chi connectivity index (χ1n) is 5.46. The molecule has 17 heavy (non-hydrogen) atoms. The Morgan fingerprint density at radius 2 is 2.06 bits per heavy atom. The number of rotatable bonds is 7.